The summed E-state index contributed by atoms with van der Waals surface area (Å²) in [6.07, 6.45) is -5.21. The zero-order valence-electron chi connectivity index (χ0n) is 12.3. The van der Waals surface area contributed by atoms with Gasteiger partial charge in [-0.15, -0.1) is 0 Å². The van der Waals surface area contributed by atoms with Crippen LogP contribution in [0.1, 0.15) is 33.9 Å². The maximum Gasteiger partial charge on any atom is 0.390 e. The van der Waals surface area contributed by atoms with E-state index >= 15 is 0 Å². The average Bonchev–Trinajstić information content (AvgIpc) is 2.51. The van der Waals surface area contributed by atoms with Gasteiger partial charge in [0.05, 0.1) is 6.42 Å². The molecule has 1 amide bonds. The lowest BCUT2D eigenvalue weighted by atomic mass is 10.0. The lowest BCUT2D eigenvalue weighted by Gasteiger charge is -2.21. The van der Waals surface area contributed by atoms with Gasteiger partial charge >= 0.3 is 6.18 Å². The Morgan fingerprint density at radius 1 is 1.04 bits per heavy atom. The molecule has 6 heteroatoms. The Bertz CT molecular complexity index is 639. The lowest BCUT2D eigenvalue weighted by Crippen LogP contribution is -2.26. The second kappa shape index (κ2) is 7.28. The number of nitrogens with two attached hydrogens (primary N) is 1. The predicted molar refractivity (Wildman–Crippen MR) is 81.7 cm³/mol. The minimum absolute atomic E-state index is 0.259. The normalized spacial score (nSPS) is 12.8. The zero-order valence-corrected chi connectivity index (χ0v) is 12.3. The smallest absolute Gasteiger partial charge is 0.366 e. The molecule has 1 atom stereocenters. The molecule has 2 rings (SSSR count). The molecule has 0 bridgehead atoms. The molecule has 0 heterocycles. The van der Waals surface area contributed by atoms with E-state index < -0.39 is 24.5 Å². The molecule has 0 aliphatic carbocycles. The third-order valence-corrected chi connectivity index (χ3v) is 3.43. The highest BCUT2D eigenvalue weighted by molar-refractivity contribution is 5.92. The van der Waals surface area contributed by atoms with E-state index in [4.69, 9.17) is 5.73 Å². The molecular formula is C17H17F3N2O. The molecule has 0 unspecified atom stereocenters. The molecule has 3 nitrogen and oxygen atoms in total. The van der Waals surface area contributed by atoms with Gasteiger partial charge in [0.2, 0.25) is 5.91 Å². The fourth-order valence-electron chi connectivity index (χ4n) is 2.25. The molecule has 122 valence electrons. The first-order valence-electron chi connectivity index (χ1n) is 7.09. The van der Waals surface area contributed by atoms with Gasteiger partial charge in [0.1, 0.15) is 0 Å². The number of benzene rings is 2. The Labute approximate surface area is 132 Å². The number of carbonyl (C=O) groups is 1. The minimum atomic E-state index is -4.26. The number of amides is 1. The summed E-state index contributed by atoms with van der Waals surface area (Å²) in [5.41, 5.74) is 6.87. The van der Waals surface area contributed by atoms with Gasteiger partial charge in [0.15, 0.2) is 0 Å². The van der Waals surface area contributed by atoms with E-state index in [1.807, 2.05) is 0 Å². The third kappa shape index (κ3) is 5.41. The quantitative estimate of drug-likeness (QED) is 0.854. The monoisotopic (exact) mass is 322 g/mol. The highest BCUT2D eigenvalue weighted by atomic mass is 19.4. The third-order valence-electron chi connectivity index (χ3n) is 3.43. The van der Waals surface area contributed by atoms with E-state index in [0.29, 0.717) is 11.1 Å². The molecule has 0 aliphatic rings. The Kier molecular flexibility index (Phi) is 5.39. The number of nitrogens with one attached hydrogen (secondary N) is 1. The Balaban J connectivity index is 2.07. The molecule has 0 radical (unpaired) electrons. The van der Waals surface area contributed by atoms with Gasteiger partial charge in [-0.1, -0.05) is 42.5 Å². The SMILES string of the molecule is NC(=O)c1ccc(CN[C@@H](CC(F)(F)F)c2ccccc2)cc1. The molecule has 2 aromatic carbocycles. The average molecular weight is 322 g/mol. The number of hydrogen-bond donors (Lipinski definition) is 2. The van der Waals surface area contributed by atoms with Crippen molar-refractivity contribution in [3.8, 4) is 0 Å². The van der Waals surface area contributed by atoms with E-state index in [2.05, 4.69) is 5.32 Å². The van der Waals surface area contributed by atoms with Crippen LogP contribution in [0.15, 0.2) is 54.6 Å². The molecule has 0 aliphatic heterocycles. The summed E-state index contributed by atoms with van der Waals surface area (Å²) >= 11 is 0. The zero-order chi connectivity index (χ0) is 16.9. The largest absolute Gasteiger partial charge is 0.390 e. The molecular weight excluding hydrogens is 305 g/mol. The van der Waals surface area contributed by atoms with Gasteiger partial charge in [-0.05, 0) is 23.3 Å². The summed E-state index contributed by atoms with van der Waals surface area (Å²) in [6, 6.07) is 14.1. The van der Waals surface area contributed by atoms with Crippen molar-refractivity contribution in [2.24, 2.45) is 5.73 Å². The first kappa shape index (κ1) is 17.0. The van der Waals surface area contributed by atoms with E-state index in [-0.39, 0.29) is 6.54 Å². The van der Waals surface area contributed by atoms with Crippen molar-refractivity contribution in [2.75, 3.05) is 0 Å². The Morgan fingerprint density at radius 2 is 1.65 bits per heavy atom. The Hall–Kier alpha value is -2.34. The standard InChI is InChI=1S/C17H17F3N2O/c18-17(19,20)10-15(13-4-2-1-3-5-13)22-11-12-6-8-14(9-7-12)16(21)23/h1-9,15,22H,10-11H2,(H2,21,23)/t15-/m0/s1. The molecule has 3 N–H and O–H groups in total. The second-order valence-electron chi connectivity index (χ2n) is 5.22. The van der Waals surface area contributed by atoms with Gasteiger partial charge in [-0.25, -0.2) is 0 Å². The molecule has 0 saturated carbocycles. The summed E-state index contributed by atoms with van der Waals surface area (Å²) < 4.78 is 38.3. The van der Waals surface area contributed by atoms with Gasteiger partial charge < -0.3 is 11.1 Å². The fourth-order valence-corrected chi connectivity index (χ4v) is 2.25. The topological polar surface area (TPSA) is 55.1 Å². The van der Waals surface area contributed by atoms with Crippen LogP contribution in [0.3, 0.4) is 0 Å². The number of carbonyl (C=O) groups excluding carboxylic acids is 1. The molecule has 0 fully saturated rings. The van der Waals surface area contributed by atoms with Crippen LogP contribution in [0.5, 0.6) is 0 Å². The van der Waals surface area contributed by atoms with Crippen LogP contribution in [0.4, 0.5) is 13.2 Å². The van der Waals surface area contributed by atoms with E-state index in [1.54, 1.807) is 54.6 Å². The summed E-state index contributed by atoms with van der Waals surface area (Å²) in [4.78, 5) is 11.0. The van der Waals surface area contributed by atoms with Crippen LogP contribution in [0.2, 0.25) is 0 Å². The minimum Gasteiger partial charge on any atom is -0.366 e. The summed E-state index contributed by atoms with van der Waals surface area (Å²) in [5, 5.41) is 2.92. The molecule has 2 aromatic rings. The van der Waals surface area contributed by atoms with Crippen molar-refractivity contribution < 1.29 is 18.0 Å². The Morgan fingerprint density at radius 3 is 2.17 bits per heavy atom. The van der Waals surface area contributed by atoms with Crippen molar-refractivity contribution in [1.82, 2.24) is 5.32 Å². The van der Waals surface area contributed by atoms with Gasteiger partial charge in [0, 0.05) is 18.2 Å². The van der Waals surface area contributed by atoms with Crippen molar-refractivity contribution in [3.05, 3.63) is 71.3 Å². The predicted octanol–water partition coefficient (Wildman–Crippen LogP) is 3.57. The maximum atomic E-state index is 12.8. The fraction of sp³-hybridized carbons (Fsp3) is 0.235. The van der Waals surface area contributed by atoms with Crippen LogP contribution in [-0.4, -0.2) is 12.1 Å². The lowest BCUT2D eigenvalue weighted by molar-refractivity contribution is -0.140. The van der Waals surface area contributed by atoms with Crippen molar-refractivity contribution >= 4 is 5.91 Å². The number of halogens is 3. The molecule has 0 saturated heterocycles. The first-order valence-corrected chi connectivity index (χ1v) is 7.09. The summed E-state index contributed by atoms with van der Waals surface area (Å²) in [6.45, 7) is 0.259. The van der Waals surface area contributed by atoms with E-state index in [9.17, 15) is 18.0 Å². The molecule has 0 aromatic heterocycles. The second-order valence-corrected chi connectivity index (χ2v) is 5.22. The molecule has 23 heavy (non-hydrogen) atoms. The first-order chi connectivity index (χ1) is 10.8. The van der Waals surface area contributed by atoms with Crippen LogP contribution in [-0.2, 0) is 6.54 Å². The molecule has 0 spiro atoms. The van der Waals surface area contributed by atoms with Crippen molar-refractivity contribution in [1.29, 1.82) is 0 Å². The van der Waals surface area contributed by atoms with Crippen molar-refractivity contribution in [3.63, 3.8) is 0 Å². The number of rotatable bonds is 6. The number of alkyl halides is 3. The number of primary amides is 1. The van der Waals surface area contributed by atoms with E-state index in [1.165, 1.54) is 0 Å². The maximum absolute atomic E-state index is 12.8. The van der Waals surface area contributed by atoms with Crippen LogP contribution < -0.4 is 11.1 Å². The van der Waals surface area contributed by atoms with Crippen LogP contribution >= 0.6 is 0 Å². The highest BCUT2D eigenvalue weighted by Crippen LogP contribution is 2.29. The van der Waals surface area contributed by atoms with Crippen LogP contribution in [0.25, 0.3) is 0 Å². The van der Waals surface area contributed by atoms with Crippen LogP contribution in [0, 0.1) is 0 Å². The highest BCUT2D eigenvalue weighted by Gasteiger charge is 2.32. The van der Waals surface area contributed by atoms with E-state index in [0.717, 1.165) is 5.56 Å². The summed E-state index contributed by atoms with van der Waals surface area (Å²) in [5.74, 6) is -0.538. The van der Waals surface area contributed by atoms with Gasteiger partial charge in [-0.2, -0.15) is 13.2 Å². The van der Waals surface area contributed by atoms with Gasteiger partial charge in [-0.3, -0.25) is 4.79 Å². The van der Waals surface area contributed by atoms with Crippen molar-refractivity contribution in [2.45, 2.75) is 25.2 Å². The summed E-state index contributed by atoms with van der Waals surface area (Å²) in [7, 11) is 0. The van der Waals surface area contributed by atoms with Gasteiger partial charge in [0.25, 0.3) is 0 Å². The number of hydrogen-bond acceptors (Lipinski definition) is 2.